The van der Waals surface area contributed by atoms with E-state index in [2.05, 4.69) is 38.4 Å². The molecule has 3 heterocycles. The van der Waals surface area contributed by atoms with Crippen LogP contribution in [0.3, 0.4) is 0 Å². The molecule has 0 saturated carbocycles. The SMILES string of the molecule is CN(CCc1c[nH]c2ccccc12)C(=O)c1ccccc1C(=O)N(CCc1c[nH]c2ccccc12)CCN1CCN(C(=O)NCc2ccccc2)CC1. The number of nitrogens with zero attached hydrogens (tertiary/aromatic N) is 4. The van der Waals surface area contributed by atoms with Crippen LogP contribution in [0.15, 0.2) is 116 Å². The van der Waals surface area contributed by atoms with Crippen LogP contribution in [0.25, 0.3) is 21.8 Å². The number of hydrogen-bond donors (Lipinski definition) is 3. The Morgan fingerprint density at radius 1 is 0.642 bits per heavy atom. The maximum atomic E-state index is 14.5. The van der Waals surface area contributed by atoms with Gasteiger partial charge in [0.15, 0.2) is 0 Å². The number of rotatable bonds is 13. The van der Waals surface area contributed by atoms with E-state index in [1.807, 2.05) is 95.0 Å². The van der Waals surface area contributed by atoms with Crippen LogP contribution in [0.4, 0.5) is 4.79 Å². The lowest BCUT2D eigenvalue weighted by Crippen LogP contribution is -2.53. The Balaban J connectivity index is 1.01. The fourth-order valence-corrected chi connectivity index (χ4v) is 7.19. The van der Waals surface area contributed by atoms with Gasteiger partial charge in [-0.15, -0.1) is 0 Å². The monoisotopic (exact) mass is 709 g/mol. The Hall–Kier alpha value is -5.87. The van der Waals surface area contributed by atoms with E-state index >= 15 is 0 Å². The summed E-state index contributed by atoms with van der Waals surface area (Å²) in [6.45, 7) is 5.36. The summed E-state index contributed by atoms with van der Waals surface area (Å²) in [6, 6.07) is 33.4. The van der Waals surface area contributed by atoms with Crippen LogP contribution in [-0.4, -0.2) is 107 Å². The maximum Gasteiger partial charge on any atom is 0.317 e. The summed E-state index contributed by atoms with van der Waals surface area (Å²) in [7, 11) is 1.80. The molecule has 4 aromatic carbocycles. The number of aromatic amines is 2. The van der Waals surface area contributed by atoms with Crippen molar-refractivity contribution in [3.63, 3.8) is 0 Å². The minimum atomic E-state index is -0.174. The first-order valence-corrected chi connectivity index (χ1v) is 18.5. The molecule has 10 heteroatoms. The standard InChI is InChI=1S/C43H47N7O3/c1-47(21-19-33-30-44-39-17-9-7-13-35(33)39)41(51)37-15-5-6-16-38(37)42(52)49(22-20-34-31-45-40-18-10-8-14-36(34)40)26-23-48-24-27-50(28-25-48)43(53)46-29-32-11-3-2-4-12-32/h2-18,30-31,44-45H,19-29H2,1H3,(H,46,53). The highest BCUT2D eigenvalue weighted by Gasteiger charge is 2.26. The number of carbonyl (C=O) groups is 3. The largest absolute Gasteiger partial charge is 0.361 e. The second-order valence-electron chi connectivity index (χ2n) is 13.8. The van der Waals surface area contributed by atoms with Crippen LogP contribution in [-0.2, 0) is 19.4 Å². The summed E-state index contributed by atoms with van der Waals surface area (Å²) >= 11 is 0. The first kappa shape index (κ1) is 35.5. The minimum Gasteiger partial charge on any atom is -0.361 e. The third-order valence-corrected chi connectivity index (χ3v) is 10.4. The highest BCUT2D eigenvalue weighted by Crippen LogP contribution is 2.21. The van der Waals surface area contributed by atoms with Crippen molar-refractivity contribution in [2.75, 3.05) is 59.4 Å². The van der Waals surface area contributed by atoms with Gasteiger partial charge in [-0.05, 0) is 53.8 Å². The molecule has 0 bridgehead atoms. The zero-order chi connectivity index (χ0) is 36.6. The number of nitrogens with one attached hydrogen (secondary N) is 3. The molecule has 6 aromatic rings. The summed E-state index contributed by atoms with van der Waals surface area (Å²) in [5.74, 6) is -0.329. The molecule has 1 aliphatic rings. The number of amides is 4. The van der Waals surface area contributed by atoms with Crippen LogP contribution in [0.5, 0.6) is 0 Å². The fraction of sp³-hybridized carbons (Fsp3) is 0.279. The predicted octanol–water partition coefficient (Wildman–Crippen LogP) is 6.18. The van der Waals surface area contributed by atoms with Crippen LogP contribution < -0.4 is 5.32 Å². The average molecular weight is 710 g/mol. The molecule has 0 unspecified atom stereocenters. The van der Waals surface area contributed by atoms with Crippen molar-refractivity contribution in [3.05, 3.63) is 143 Å². The third-order valence-electron chi connectivity index (χ3n) is 10.4. The molecule has 53 heavy (non-hydrogen) atoms. The number of benzene rings is 4. The number of urea groups is 1. The molecule has 0 aliphatic carbocycles. The molecule has 7 rings (SSSR count). The summed E-state index contributed by atoms with van der Waals surface area (Å²) in [4.78, 5) is 55.7. The minimum absolute atomic E-state index is 0.0586. The van der Waals surface area contributed by atoms with Gasteiger partial charge < -0.3 is 30.0 Å². The van der Waals surface area contributed by atoms with Gasteiger partial charge in [0, 0.05) is 100 Å². The number of likely N-dealkylation sites (N-methyl/N-ethyl adjacent to an activating group) is 1. The van der Waals surface area contributed by atoms with Crippen molar-refractivity contribution in [2.24, 2.45) is 0 Å². The van der Waals surface area contributed by atoms with E-state index < -0.39 is 0 Å². The van der Waals surface area contributed by atoms with Gasteiger partial charge in [-0.2, -0.15) is 0 Å². The number of aromatic nitrogens is 2. The predicted molar refractivity (Wildman–Crippen MR) is 210 cm³/mol. The highest BCUT2D eigenvalue weighted by atomic mass is 16.2. The van der Waals surface area contributed by atoms with Crippen molar-refractivity contribution in [2.45, 2.75) is 19.4 Å². The molecule has 0 radical (unpaired) electrons. The summed E-state index contributed by atoms with van der Waals surface area (Å²) in [6.07, 6.45) is 5.40. The molecular formula is C43H47N7O3. The van der Waals surface area contributed by atoms with Gasteiger partial charge in [0.1, 0.15) is 0 Å². The lowest BCUT2D eigenvalue weighted by Gasteiger charge is -2.36. The molecule has 1 saturated heterocycles. The molecule has 4 amide bonds. The van der Waals surface area contributed by atoms with Gasteiger partial charge in [0.25, 0.3) is 11.8 Å². The first-order chi connectivity index (χ1) is 25.9. The maximum absolute atomic E-state index is 14.5. The Morgan fingerprint density at radius 3 is 1.83 bits per heavy atom. The Kier molecular flexibility index (Phi) is 11.2. The summed E-state index contributed by atoms with van der Waals surface area (Å²) in [5.41, 5.74) is 6.33. The molecule has 0 spiro atoms. The molecular weight excluding hydrogens is 663 g/mol. The van der Waals surface area contributed by atoms with Crippen LogP contribution in [0.2, 0.25) is 0 Å². The lowest BCUT2D eigenvalue weighted by atomic mass is 10.0. The van der Waals surface area contributed by atoms with Gasteiger partial charge in [-0.25, -0.2) is 4.79 Å². The van der Waals surface area contributed by atoms with E-state index in [0.717, 1.165) is 51.6 Å². The third kappa shape index (κ3) is 8.45. The number of carbonyl (C=O) groups excluding carboxylic acids is 3. The molecule has 1 fully saturated rings. The zero-order valence-corrected chi connectivity index (χ0v) is 30.3. The normalized spacial score (nSPS) is 13.3. The van der Waals surface area contributed by atoms with Crippen molar-refractivity contribution < 1.29 is 14.4 Å². The van der Waals surface area contributed by atoms with E-state index in [1.54, 1.807) is 24.1 Å². The molecule has 1 aliphatic heterocycles. The summed E-state index contributed by atoms with van der Waals surface area (Å²) in [5, 5.41) is 5.34. The van der Waals surface area contributed by atoms with E-state index in [9.17, 15) is 14.4 Å². The molecule has 10 nitrogen and oxygen atoms in total. The summed E-state index contributed by atoms with van der Waals surface area (Å²) < 4.78 is 0. The zero-order valence-electron chi connectivity index (χ0n) is 30.3. The van der Waals surface area contributed by atoms with Gasteiger partial charge in [0.05, 0.1) is 11.1 Å². The Morgan fingerprint density at radius 2 is 1.19 bits per heavy atom. The molecule has 0 atom stereocenters. The Bertz CT molecular complexity index is 2170. The number of fused-ring (bicyclic) bond motifs is 2. The van der Waals surface area contributed by atoms with Crippen LogP contribution >= 0.6 is 0 Å². The highest BCUT2D eigenvalue weighted by molar-refractivity contribution is 6.07. The second kappa shape index (κ2) is 16.6. The van der Waals surface area contributed by atoms with E-state index in [-0.39, 0.29) is 17.8 Å². The first-order valence-electron chi connectivity index (χ1n) is 18.5. The Labute approximate surface area is 310 Å². The van der Waals surface area contributed by atoms with Crippen molar-refractivity contribution >= 4 is 39.7 Å². The van der Waals surface area contributed by atoms with Gasteiger partial charge >= 0.3 is 6.03 Å². The van der Waals surface area contributed by atoms with E-state index in [1.165, 1.54) is 0 Å². The van der Waals surface area contributed by atoms with E-state index in [4.69, 9.17) is 0 Å². The van der Waals surface area contributed by atoms with E-state index in [0.29, 0.717) is 69.8 Å². The van der Waals surface area contributed by atoms with Crippen molar-refractivity contribution in [1.82, 2.24) is 34.9 Å². The number of H-pyrrole nitrogens is 2. The van der Waals surface area contributed by atoms with Crippen LogP contribution in [0.1, 0.15) is 37.4 Å². The molecule has 2 aromatic heterocycles. The molecule has 272 valence electrons. The average Bonchev–Trinajstić information content (AvgIpc) is 3.83. The fourth-order valence-electron chi connectivity index (χ4n) is 7.19. The van der Waals surface area contributed by atoms with Gasteiger partial charge in [-0.3, -0.25) is 14.5 Å². The smallest absolute Gasteiger partial charge is 0.317 e. The van der Waals surface area contributed by atoms with Gasteiger partial charge in [-0.1, -0.05) is 78.9 Å². The number of hydrogen-bond acceptors (Lipinski definition) is 4. The van der Waals surface area contributed by atoms with Crippen LogP contribution in [0, 0.1) is 0 Å². The van der Waals surface area contributed by atoms with Crippen molar-refractivity contribution in [1.29, 1.82) is 0 Å². The second-order valence-corrected chi connectivity index (χ2v) is 13.8. The lowest BCUT2D eigenvalue weighted by molar-refractivity contribution is 0.0703. The number of piperazine rings is 1. The van der Waals surface area contributed by atoms with Gasteiger partial charge in [0.2, 0.25) is 0 Å². The quantitative estimate of drug-likeness (QED) is 0.133. The molecule has 3 N–H and O–H groups in total. The number of para-hydroxylation sites is 2. The topological polar surface area (TPSA) is 108 Å². The van der Waals surface area contributed by atoms with Crippen molar-refractivity contribution in [3.8, 4) is 0 Å².